The smallest absolute Gasteiger partial charge is 0.121 e. The van der Waals surface area contributed by atoms with Gasteiger partial charge in [0, 0.05) is 24.8 Å². The SMILES string of the molecule is CCCCNCCNc1cccc(OCCC(C)C)c1. The summed E-state index contributed by atoms with van der Waals surface area (Å²) in [6.07, 6.45) is 3.59. The summed E-state index contributed by atoms with van der Waals surface area (Å²) in [5.74, 6) is 1.64. The molecule has 0 aromatic heterocycles. The molecule has 3 heteroatoms. The summed E-state index contributed by atoms with van der Waals surface area (Å²) in [5.41, 5.74) is 1.13. The highest BCUT2D eigenvalue weighted by atomic mass is 16.5. The molecule has 3 nitrogen and oxygen atoms in total. The van der Waals surface area contributed by atoms with E-state index < -0.39 is 0 Å². The Labute approximate surface area is 124 Å². The van der Waals surface area contributed by atoms with E-state index in [9.17, 15) is 0 Å². The van der Waals surface area contributed by atoms with Gasteiger partial charge in [-0.05, 0) is 37.4 Å². The van der Waals surface area contributed by atoms with Crippen molar-refractivity contribution >= 4 is 5.69 Å². The van der Waals surface area contributed by atoms with E-state index in [0.29, 0.717) is 5.92 Å². The Bertz CT molecular complexity index is 353. The molecule has 0 saturated heterocycles. The monoisotopic (exact) mass is 278 g/mol. The Kier molecular flexibility index (Phi) is 8.88. The summed E-state index contributed by atoms with van der Waals surface area (Å²) in [4.78, 5) is 0. The standard InChI is InChI=1S/C17H30N2O/c1-4-5-10-18-11-12-19-16-7-6-8-17(14-16)20-13-9-15(2)3/h6-8,14-15,18-19H,4-5,9-13H2,1-3H3. The fourth-order valence-electron chi connectivity index (χ4n) is 1.83. The van der Waals surface area contributed by atoms with Gasteiger partial charge < -0.3 is 15.4 Å². The van der Waals surface area contributed by atoms with Crippen molar-refractivity contribution in [1.29, 1.82) is 0 Å². The highest BCUT2D eigenvalue weighted by Gasteiger charge is 1.98. The first kappa shape index (κ1) is 16.8. The molecule has 20 heavy (non-hydrogen) atoms. The number of unbranched alkanes of at least 4 members (excludes halogenated alkanes) is 1. The lowest BCUT2D eigenvalue weighted by Gasteiger charge is -2.11. The van der Waals surface area contributed by atoms with E-state index in [1.807, 2.05) is 12.1 Å². The molecule has 0 unspecified atom stereocenters. The summed E-state index contributed by atoms with van der Waals surface area (Å²) >= 11 is 0. The van der Waals surface area contributed by atoms with Gasteiger partial charge in [-0.25, -0.2) is 0 Å². The average Bonchev–Trinajstić information content (AvgIpc) is 2.43. The average molecular weight is 278 g/mol. The van der Waals surface area contributed by atoms with E-state index in [0.717, 1.165) is 44.1 Å². The summed E-state index contributed by atoms with van der Waals surface area (Å²) < 4.78 is 5.76. The molecule has 0 amide bonds. The van der Waals surface area contributed by atoms with Gasteiger partial charge in [-0.3, -0.25) is 0 Å². The minimum absolute atomic E-state index is 0.686. The van der Waals surface area contributed by atoms with Crippen molar-refractivity contribution in [1.82, 2.24) is 5.32 Å². The van der Waals surface area contributed by atoms with Crippen LogP contribution in [0.25, 0.3) is 0 Å². The zero-order valence-electron chi connectivity index (χ0n) is 13.2. The molecule has 0 bridgehead atoms. The molecule has 1 aromatic carbocycles. The minimum Gasteiger partial charge on any atom is -0.494 e. The van der Waals surface area contributed by atoms with Gasteiger partial charge in [-0.2, -0.15) is 0 Å². The van der Waals surface area contributed by atoms with Crippen LogP contribution in [0.4, 0.5) is 5.69 Å². The predicted molar refractivity (Wildman–Crippen MR) is 87.7 cm³/mol. The Morgan fingerprint density at radius 3 is 2.75 bits per heavy atom. The molecule has 1 rings (SSSR count). The van der Waals surface area contributed by atoms with Crippen molar-refractivity contribution < 1.29 is 4.74 Å². The number of rotatable bonds is 11. The number of benzene rings is 1. The molecule has 1 aromatic rings. The van der Waals surface area contributed by atoms with Crippen LogP contribution in [0.1, 0.15) is 40.0 Å². The van der Waals surface area contributed by atoms with Crippen molar-refractivity contribution in [2.45, 2.75) is 40.0 Å². The van der Waals surface area contributed by atoms with E-state index in [1.54, 1.807) is 0 Å². The summed E-state index contributed by atoms with van der Waals surface area (Å²) in [6.45, 7) is 10.5. The third kappa shape index (κ3) is 8.05. The van der Waals surface area contributed by atoms with Crippen LogP contribution in [-0.4, -0.2) is 26.2 Å². The highest BCUT2D eigenvalue weighted by molar-refractivity contribution is 5.48. The van der Waals surface area contributed by atoms with Gasteiger partial charge in [0.15, 0.2) is 0 Å². The first-order valence-electron chi connectivity index (χ1n) is 7.89. The van der Waals surface area contributed by atoms with Crippen LogP contribution in [0.5, 0.6) is 5.75 Å². The molecular formula is C17H30N2O. The third-order valence-corrected chi connectivity index (χ3v) is 3.14. The first-order chi connectivity index (χ1) is 9.72. The third-order valence-electron chi connectivity index (χ3n) is 3.14. The maximum absolute atomic E-state index is 5.76. The second kappa shape index (κ2) is 10.6. The molecule has 0 atom stereocenters. The molecule has 2 N–H and O–H groups in total. The molecule has 0 aliphatic rings. The quantitative estimate of drug-likeness (QED) is 0.602. The molecular weight excluding hydrogens is 248 g/mol. The number of anilines is 1. The van der Waals surface area contributed by atoms with E-state index >= 15 is 0 Å². The Hall–Kier alpha value is -1.22. The van der Waals surface area contributed by atoms with E-state index in [2.05, 4.69) is 43.5 Å². The van der Waals surface area contributed by atoms with Gasteiger partial charge >= 0.3 is 0 Å². The van der Waals surface area contributed by atoms with Crippen LogP contribution in [0.2, 0.25) is 0 Å². The topological polar surface area (TPSA) is 33.3 Å². The van der Waals surface area contributed by atoms with Gasteiger partial charge in [-0.1, -0.05) is 33.3 Å². The minimum atomic E-state index is 0.686. The Morgan fingerprint density at radius 1 is 1.15 bits per heavy atom. The van der Waals surface area contributed by atoms with Crippen molar-refractivity contribution in [2.75, 3.05) is 31.6 Å². The van der Waals surface area contributed by atoms with Gasteiger partial charge in [0.1, 0.15) is 5.75 Å². The number of hydrogen-bond donors (Lipinski definition) is 2. The van der Waals surface area contributed by atoms with Gasteiger partial charge in [0.05, 0.1) is 6.61 Å². The lowest BCUT2D eigenvalue weighted by atomic mass is 10.1. The Morgan fingerprint density at radius 2 is 2.00 bits per heavy atom. The van der Waals surface area contributed by atoms with Crippen LogP contribution in [0, 0.1) is 5.92 Å². The number of nitrogens with one attached hydrogen (secondary N) is 2. The molecule has 0 radical (unpaired) electrons. The summed E-state index contributed by atoms with van der Waals surface area (Å²) in [6, 6.07) is 8.22. The fourth-order valence-corrected chi connectivity index (χ4v) is 1.83. The highest BCUT2D eigenvalue weighted by Crippen LogP contribution is 2.17. The van der Waals surface area contributed by atoms with E-state index in [4.69, 9.17) is 4.74 Å². The molecule has 0 fully saturated rings. The second-order valence-corrected chi connectivity index (χ2v) is 5.59. The molecule has 0 aliphatic heterocycles. The largest absolute Gasteiger partial charge is 0.494 e. The molecule has 114 valence electrons. The Balaban J connectivity index is 2.22. The van der Waals surface area contributed by atoms with Gasteiger partial charge in [0.2, 0.25) is 0 Å². The van der Waals surface area contributed by atoms with E-state index in [1.165, 1.54) is 12.8 Å². The van der Waals surface area contributed by atoms with Crippen LogP contribution in [0.15, 0.2) is 24.3 Å². The van der Waals surface area contributed by atoms with Crippen molar-refractivity contribution in [3.8, 4) is 5.75 Å². The summed E-state index contributed by atoms with van der Waals surface area (Å²) in [5, 5.41) is 6.84. The van der Waals surface area contributed by atoms with Gasteiger partial charge in [-0.15, -0.1) is 0 Å². The number of ether oxygens (including phenoxy) is 1. The molecule has 0 saturated carbocycles. The lowest BCUT2D eigenvalue weighted by molar-refractivity contribution is 0.289. The zero-order valence-corrected chi connectivity index (χ0v) is 13.2. The molecule has 0 heterocycles. The zero-order chi connectivity index (χ0) is 14.6. The summed E-state index contributed by atoms with van der Waals surface area (Å²) in [7, 11) is 0. The predicted octanol–water partition coefficient (Wildman–Crippen LogP) is 3.91. The molecule has 0 spiro atoms. The van der Waals surface area contributed by atoms with Crippen molar-refractivity contribution in [3.63, 3.8) is 0 Å². The first-order valence-corrected chi connectivity index (χ1v) is 7.89. The van der Waals surface area contributed by atoms with Gasteiger partial charge in [0.25, 0.3) is 0 Å². The maximum Gasteiger partial charge on any atom is 0.121 e. The van der Waals surface area contributed by atoms with Crippen LogP contribution in [0.3, 0.4) is 0 Å². The lowest BCUT2D eigenvalue weighted by Crippen LogP contribution is -2.23. The molecule has 0 aliphatic carbocycles. The van der Waals surface area contributed by atoms with E-state index in [-0.39, 0.29) is 0 Å². The fraction of sp³-hybridized carbons (Fsp3) is 0.647. The normalized spacial score (nSPS) is 10.8. The number of hydrogen-bond acceptors (Lipinski definition) is 3. The van der Waals surface area contributed by atoms with Crippen LogP contribution < -0.4 is 15.4 Å². The van der Waals surface area contributed by atoms with Crippen LogP contribution in [-0.2, 0) is 0 Å². The second-order valence-electron chi connectivity index (χ2n) is 5.59. The van der Waals surface area contributed by atoms with Crippen molar-refractivity contribution in [2.24, 2.45) is 5.92 Å². The van der Waals surface area contributed by atoms with Crippen LogP contribution >= 0.6 is 0 Å². The van der Waals surface area contributed by atoms with Crippen molar-refractivity contribution in [3.05, 3.63) is 24.3 Å². The maximum atomic E-state index is 5.76.